The van der Waals surface area contributed by atoms with Crippen molar-refractivity contribution >= 4 is 11.7 Å². The molecule has 0 aliphatic carbocycles. The summed E-state index contributed by atoms with van der Waals surface area (Å²) in [5, 5.41) is 6.62. The second kappa shape index (κ2) is 7.37. The van der Waals surface area contributed by atoms with Gasteiger partial charge in [-0.05, 0) is 17.2 Å². The second-order valence-corrected chi connectivity index (χ2v) is 7.33. The quantitative estimate of drug-likeness (QED) is 0.826. The van der Waals surface area contributed by atoms with E-state index >= 15 is 0 Å². The van der Waals surface area contributed by atoms with Crippen molar-refractivity contribution in [3.63, 3.8) is 0 Å². The van der Waals surface area contributed by atoms with Gasteiger partial charge in [-0.15, -0.1) is 0 Å². The van der Waals surface area contributed by atoms with Crippen molar-refractivity contribution in [2.75, 3.05) is 33.3 Å². The van der Waals surface area contributed by atoms with E-state index in [9.17, 15) is 0 Å². The first-order valence-corrected chi connectivity index (χ1v) is 9.96. The van der Waals surface area contributed by atoms with Gasteiger partial charge < -0.3 is 20.1 Å². The minimum absolute atomic E-state index is 0.257. The first-order valence-electron chi connectivity index (χ1n) is 9.96. The molecule has 2 aromatic carbocycles. The maximum atomic E-state index is 6.05. The summed E-state index contributed by atoms with van der Waals surface area (Å²) in [6, 6.07) is 16.7. The lowest BCUT2D eigenvalue weighted by Gasteiger charge is -2.33. The molecule has 0 aromatic heterocycles. The van der Waals surface area contributed by atoms with E-state index in [1.165, 1.54) is 0 Å². The Hall–Kier alpha value is -3.12. The zero-order valence-corrected chi connectivity index (χ0v) is 16.4. The number of amidine groups is 2. The fourth-order valence-corrected chi connectivity index (χ4v) is 4.16. The van der Waals surface area contributed by atoms with Crippen molar-refractivity contribution in [1.29, 1.82) is 0 Å². The van der Waals surface area contributed by atoms with Gasteiger partial charge in [0, 0.05) is 31.3 Å². The lowest BCUT2D eigenvalue weighted by molar-refractivity contribution is -0.0584. The SMILES string of the molecule is COC1(c2ccc(C3=NCCN3)cc2)C=COC1c1ccc(C2=NCCN2)cc1. The molecule has 2 N–H and O–H groups in total. The number of nitrogens with zero attached hydrogens (tertiary/aromatic N) is 2. The molecule has 2 unspecified atom stereocenters. The summed E-state index contributed by atoms with van der Waals surface area (Å²) in [6.45, 7) is 3.46. The van der Waals surface area contributed by atoms with Crippen molar-refractivity contribution in [2.45, 2.75) is 11.7 Å². The molecule has 0 amide bonds. The molecule has 3 aliphatic rings. The van der Waals surface area contributed by atoms with E-state index in [2.05, 4.69) is 69.1 Å². The molecule has 0 radical (unpaired) electrons. The molecule has 2 aromatic rings. The third-order valence-electron chi connectivity index (χ3n) is 5.70. The molecule has 0 fully saturated rings. The Labute approximate surface area is 170 Å². The van der Waals surface area contributed by atoms with Gasteiger partial charge in [0.15, 0.2) is 11.7 Å². The van der Waals surface area contributed by atoms with Gasteiger partial charge in [-0.2, -0.15) is 0 Å². The lowest BCUT2D eigenvalue weighted by atomic mass is 9.84. The third kappa shape index (κ3) is 3.09. The van der Waals surface area contributed by atoms with E-state index in [0.29, 0.717) is 0 Å². The van der Waals surface area contributed by atoms with E-state index in [1.54, 1.807) is 13.4 Å². The van der Waals surface area contributed by atoms with Crippen LogP contribution in [-0.2, 0) is 15.1 Å². The Morgan fingerprint density at radius 2 is 1.48 bits per heavy atom. The van der Waals surface area contributed by atoms with Gasteiger partial charge in [0.05, 0.1) is 19.4 Å². The molecule has 148 valence electrons. The monoisotopic (exact) mass is 388 g/mol. The van der Waals surface area contributed by atoms with Crippen LogP contribution in [0.25, 0.3) is 0 Å². The van der Waals surface area contributed by atoms with E-state index in [1.807, 2.05) is 6.08 Å². The number of nitrogens with one attached hydrogen (secondary N) is 2. The lowest BCUT2D eigenvalue weighted by Crippen LogP contribution is -2.32. The predicted molar refractivity (Wildman–Crippen MR) is 113 cm³/mol. The van der Waals surface area contributed by atoms with Crippen LogP contribution in [0.3, 0.4) is 0 Å². The average molecular weight is 388 g/mol. The van der Waals surface area contributed by atoms with Gasteiger partial charge in [0.25, 0.3) is 0 Å². The van der Waals surface area contributed by atoms with Crippen molar-refractivity contribution in [2.24, 2.45) is 9.98 Å². The van der Waals surface area contributed by atoms with Gasteiger partial charge in [-0.1, -0.05) is 48.5 Å². The summed E-state index contributed by atoms with van der Waals surface area (Å²) in [5.41, 5.74) is 3.62. The van der Waals surface area contributed by atoms with Gasteiger partial charge in [-0.25, -0.2) is 0 Å². The Morgan fingerprint density at radius 3 is 2.00 bits per heavy atom. The Morgan fingerprint density at radius 1 is 0.897 bits per heavy atom. The van der Waals surface area contributed by atoms with Crippen LogP contribution in [0.15, 0.2) is 70.9 Å². The number of hydrogen-bond acceptors (Lipinski definition) is 6. The summed E-state index contributed by atoms with van der Waals surface area (Å²) in [4.78, 5) is 8.98. The highest BCUT2D eigenvalue weighted by atomic mass is 16.6. The minimum atomic E-state index is -0.673. The first-order chi connectivity index (χ1) is 14.3. The molecule has 0 bridgehead atoms. The van der Waals surface area contributed by atoms with E-state index in [4.69, 9.17) is 9.47 Å². The van der Waals surface area contributed by atoms with Crippen LogP contribution in [0, 0.1) is 0 Å². The summed E-state index contributed by atoms with van der Waals surface area (Å²) in [6.07, 6.45) is 3.48. The van der Waals surface area contributed by atoms with E-state index < -0.39 is 5.60 Å². The number of aliphatic imine (C=N–C) groups is 2. The maximum absolute atomic E-state index is 6.05. The molecule has 0 saturated carbocycles. The fraction of sp³-hybridized carbons (Fsp3) is 0.304. The van der Waals surface area contributed by atoms with Crippen LogP contribution in [0.2, 0.25) is 0 Å². The number of benzene rings is 2. The number of hydrogen-bond donors (Lipinski definition) is 2. The molecular formula is C23H24N4O2. The molecule has 3 aliphatic heterocycles. The average Bonchev–Trinajstić information content (AvgIpc) is 3.56. The minimum Gasteiger partial charge on any atom is -0.490 e. The van der Waals surface area contributed by atoms with Crippen LogP contribution in [0.4, 0.5) is 0 Å². The standard InChI is InChI=1S/C23H24N4O2/c1-28-23(19-8-6-18(7-9-19)22-26-13-14-27-22)10-15-29-20(23)16-2-4-17(5-3-16)21-24-11-12-25-21/h2-10,15,20H,11-14H2,1H3,(H,24,25)(H,26,27). The molecule has 6 heteroatoms. The summed E-state index contributed by atoms with van der Waals surface area (Å²) in [7, 11) is 1.73. The van der Waals surface area contributed by atoms with E-state index in [0.717, 1.165) is 60.1 Å². The topological polar surface area (TPSA) is 67.2 Å². The highest BCUT2D eigenvalue weighted by Gasteiger charge is 2.44. The van der Waals surface area contributed by atoms with Crippen molar-refractivity contribution < 1.29 is 9.47 Å². The maximum Gasteiger partial charge on any atom is 0.160 e. The summed E-state index contributed by atoms with van der Waals surface area (Å²) in [5.74, 6) is 1.91. The van der Waals surface area contributed by atoms with Crippen molar-refractivity contribution in [1.82, 2.24) is 10.6 Å². The molecule has 0 spiro atoms. The van der Waals surface area contributed by atoms with Gasteiger partial charge in [0.2, 0.25) is 0 Å². The number of methoxy groups -OCH3 is 1. The smallest absolute Gasteiger partial charge is 0.160 e. The molecule has 6 nitrogen and oxygen atoms in total. The molecular weight excluding hydrogens is 364 g/mol. The van der Waals surface area contributed by atoms with Gasteiger partial charge in [0.1, 0.15) is 11.7 Å². The Balaban J connectivity index is 1.44. The highest BCUT2D eigenvalue weighted by Crippen LogP contribution is 2.46. The fourth-order valence-electron chi connectivity index (χ4n) is 4.16. The number of ether oxygens (including phenoxy) is 2. The van der Waals surface area contributed by atoms with E-state index in [-0.39, 0.29) is 6.10 Å². The Bertz CT molecular complexity index is 979. The van der Waals surface area contributed by atoms with Crippen LogP contribution >= 0.6 is 0 Å². The summed E-state index contributed by atoms with van der Waals surface area (Å²) < 4.78 is 12.1. The predicted octanol–water partition coefficient (Wildman–Crippen LogP) is 2.51. The van der Waals surface area contributed by atoms with Crippen LogP contribution in [0.1, 0.15) is 28.4 Å². The van der Waals surface area contributed by atoms with Gasteiger partial charge in [-0.3, -0.25) is 9.98 Å². The third-order valence-corrected chi connectivity index (χ3v) is 5.70. The molecule has 29 heavy (non-hydrogen) atoms. The van der Waals surface area contributed by atoms with Crippen LogP contribution < -0.4 is 10.6 Å². The van der Waals surface area contributed by atoms with Gasteiger partial charge >= 0.3 is 0 Å². The summed E-state index contributed by atoms with van der Waals surface area (Å²) >= 11 is 0. The Kier molecular flexibility index (Phi) is 4.56. The second-order valence-electron chi connectivity index (χ2n) is 7.33. The number of rotatable bonds is 5. The van der Waals surface area contributed by atoms with Crippen molar-refractivity contribution in [3.8, 4) is 0 Å². The zero-order valence-electron chi connectivity index (χ0n) is 16.4. The van der Waals surface area contributed by atoms with Crippen molar-refractivity contribution in [3.05, 3.63) is 83.1 Å². The largest absolute Gasteiger partial charge is 0.490 e. The normalized spacial score (nSPS) is 25.2. The molecule has 0 saturated heterocycles. The molecule has 3 heterocycles. The zero-order chi connectivity index (χ0) is 19.7. The first kappa shape index (κ1) is 17.9. The highest BCUT2D eigenvalue weighted by molar-refractivity contribution is 6.00. The van der Waals surface area contributed by atoms with Crippen LogP contribution in [0.5, 0.6) is 0 Å². The van der Waals surface area contributed by atoms with Crippen LogP contribution in [-0.4, -0.2) is 45.0 Å². The molecule has 2 atom stereocenters. The molecule has 5 rings (SSSR count).